The summed E-state index contributed by atoms with van der Waals surface area (Å²) in [6.45, 7) is 10.4. The van der Waals surface area contributed by atoms with Crippen molar-refractivity contribution in [2.45, 2.75) is 53.5 Å². The van der Waals surface area contributed by atoms with Gasteiger partial charge in [0.2, 0.25) is 0 Å². The summed E-state index contributed by atoms with van der Waals surface area (Å²) in [6, 6.07) is 6.24. The van der Waals surface area contributed by atoms with Crippen LogP contribution in [0.25, 0.3) is 0 Å². The van der Waals surface area contributed by atoms with E-state index in [2.05, 4.69) is 56.5 Å². The fourth-order valence-corrected chi connectivity index (χ4v) is 1.93. The van der Waals surface area contributed by atoms with Crippen LogP contribution in [0.4, 0.5) is 10.5 Å². The average molecular weight is 262 g/mol. The van der Waals surface area contributed by atoms with E-state index in [-0.39, 0.29) is 12.1 Å². The molecule has 0 aliphatic heterocycles. The number of carbonyl (C=O) groups is 1. The van der Waals surface area contributed by atoms with Crippen LogP contribution in [-0.2, 0) is 12.8 Å². The van der Waals surface area contributed by atoms with E-state index >= 15 is 0 Å². The first-order valence-corrected chi connectivity index (χ1v) is 7.17. The molecule has 2 N–H and O–H groups in total. The third-order valence-electron chi connectivity index (χ3n) is 3.60. The number of rotatable bonds is 5. The van der Waals surface area contributed by atoms with Gasteiger partial charge in [-0.1, -0.05) is 45.9 Å². The summed E-state index contributed by atoms with van der Waals surface area (Å²) < 4.78 is 0. The standard InChI is InChI=1S/C16H26N2O/c1-6-13-9-8-10-14(7-2)15(13)18-16(19)17-12(5)11(3)4/h8-12H,6-7H2,1-5H3,(H2,17,18,19)/t12-/m1/s1. The maximum absolute atomic E-state index is 12.0. The molecule has 0 aromatic heterocycles. The maximum Gasteiger partial charge on any atom is 0.319 e. The molecule has 0 fully saturated rings. The van der Waals surface area contributed by atoms with Crippen LogP contribution in [0.3, 0.4) is 0 Å². The minimum absolute atomic E-state index is 0.114. The molecule has 0 heterocycles. The van der Waals surface area contributed by atoms with Crippen molar-refractivity contribution in [3.63, 3.8) is 0 Å². The van der Waals surface area contributed by atoms with Gasteiger partial charge < -0.3 is 10.6 Å². The molecule has 2 amide bonds. The zero-order valence-corrected chi connectivity index (χ0v) is 12.7. The van der Waals surface area contributed by atoms with Crippen molar-refractivity contribution in [2.75, 3.05) is 5.32 Å². The summed E-state index contributed by atoms with van der Waals surface area (Å²) in [5, 5.41) is 6.00. The van der Waals surface area contributed by atoms with E-state index in [0.717, 1.165) is 18.5 Å². The number of carbonyl (C=O) groups excluding carboxylic acids is 1. The van der Waals surface area contributed by atoms with Crippen LogP contribution in [-0.4, -0.2) is 12.1 Å². The third kappa shape index (κ3) is 4.27. The van der Waals surface area contributed by atoms with Gasteiger partial charge in [-0.05, 0) is 36.8 Å². The van der Waals surface area contributed by atoms with Crippen molar-refractivity contribution in [3.05, 3.63) is 29.3 Å². The molecule has 19 heavy (non-hydrogen) atoms. The zero-order valence-electron chi connectivity index (χ0n) is 12.7. The van der Waals surface area contributed by atoms with Crippen molar-refractivity contribution < 1.29 is 4.79 Å². The van der Waals surface area contributed by atoms with Gasteiger partial charge in [-0.15, -0.1) is 0 Å². The third-order valence-corrected chi connectivity index (χ3v) is 3.60. The van der Waals surface area contributed by atoms with E-state index in [1.807, 2.05) is 6.92 Å². The minimum Gasteiger partial charge on any atom is -0.335 e. The Labute approximate surface area is 116 Å². The Bertz CT molecular complexity index is 405. The molecule has 1 atom stereocenters. The number of aryl methyl sites for hydroxylation is 2. The van der Waals surface area contributed by atoms with Gasteiger partial charge in [0, 0.05) is 11.7 Å². The Hall–Kier alpha value is -1.51. The lowest BCUT2D eigenvalue weighted by molar-refractivity contribution is 0.246. The molecule has 1 aromatic carbocycles. The Morgan fingerprint density at radius 2 is 1.63 bits per heavy atom. The Balaban J connectivity index is 2.83. The van der Waals surface area contributed by atoms with Gasteiger partial charge in [0.1, 0.15) is 0 Å². The molecule has 0 saturated heterocycles. The zero-order chi connectivity index (χ0) is 14.4. The first-order chi connectivity index (χ1) is 8.99. The highest BCUT2D eigenvalue weighted by Gasteiger charge is 2.13. The van der Waals surface area contributed by atoms with Crippen LogP contribution in [0.1, 0.15) is 45.7 Å². The summed E-state index contributed by atoms with van der Waals surface area (Å²) in [5.74, 6) is 0.429. The second kappa shape index (κ2) is 7.17. The van der Waals surface area contributed by atoms with Crippen molar-refractivity contribution >= 4 is 11.7 Å². The van der Waals surface area contributed by atoms with E-state index in [9.17, 15) is 4.79 Å². The topological polar surface area (TPSA) is 41.1 Å². The van der Waals surface area contributed by atoms with E-state index in [1.165, 1.54) is 11.1 Å². The molecule has 0 saturated carbocycles. The molecule has 0 unspecified atom stereocenters. The number of para-hydroxylation sites is 1. The molecule has 0 spiro atoms. The Kier molecular flexibility index (Phi) is 5.87. The molecule has 0 aliphatic rings. The lowest BCUT2D eigenvalue weighted by Crippen LogP contribution is -2.39. The fourth-order valence-electron chi connectivity index (χ4n) is 1.93. The largest absolute Gasteiger partial charge is 0.335 e. The Morgan fingerprint density at radius 3 is 2.05 bits per heavy atom. The van der Waals surface area contributed by atoms with Gasteiger partial charge in [-0.3, -0.25) is 0 Å². The molecule has 3 nitrogen and oxygen atoms in total. The summed E-state index contributed by atoms with van der Waals surface area (Å²) >= 11 is 0. The molecule has 1 rings (SSSR count). The minimum atomic E-state index is -0.114. The van der Waals surface area contributed by atoms with Crippen LogP contribution in [0, 0.1) is 5.92 Å². The second-order valence-electron chi connectivity index (χ2n) is 5.29. The highest BCUT2D eigenvalue weighted by atomic mass is 16.2. The van der Waals surface area contributed by atoms with Crippen LogP contribution in [0.2, 0.25) is 0 Å². The smallest absolute Gasteiger partial charge is 0.319 e. The molecule has 0 aliphatic carbocycles. The van der Waals surface area contributed by atoms with E-state index in [0.29, 0.717) is 5.92 Å². The highest BCUT2D eigenvalue weighted by Crippen LogP contribution is 2.22. The van der Waals surface area contributed by atoms with Gasteiger partial charge >= 0.3 is 6.03 Å². The van der Waals surface area contributed by atoms with Crippen molar-refractivity contribution in [3.8, 4) is 0 Å². The van der Waals surface area contributed by atoms with Gasteiger partial charge in [0.25, 0.3) is 0 Å². The number of anilines is 1. The van der Waals surface area contributed by atoms with Crippen molar-refractivity contribution in [2.24, 2.45) is 5.92 Å². The summed E-state index contributed by atoms with van der Waals surface area (Å²) in [5.41, 5.74) is 3.35. The number of benzene rings is 1. The van der Waals surface area contributed by atoms with Gasteiger partial charge in [0.05, 0.1) is 0 Å². The van der Waals surface area contributed by atoms with Crippen molar-refractivity contribution in [1.82, 2.24) is 5.32 Å². The monoisotopic (exact) mass is 262 g/mol. The molecule has 0 radical (unpaired) electrons. The molecular formula is C16H26N2O. The molecule has 106 valence electrons. The van der Waals surface area contributed by atoms with Crippen LogP contribution >= 0.6 is 0 Å². The maximum atomic E-state index is 12.0. The van der Waals surface area contributed by atoms with Crippen LogP contribution < -0.4 is 10.6 Å². The quantitative estimate of drug-likeness (QED) is 0.828. The van der Waals surface area contributed by atoms with Crippen LogP contribution in [0.5, 0.6) is 0 Å². The SMILES string of the molecule is CCc1cccc(CC)c1NC(=O)N[C@H](C)C(C)C. The number of hydrogen-bond acceptors (Lipinski definition) is 1. The lowest BCUT2D eigenvalue weighted by atomic mass is 10.0. The first-order valence-electron chi connectivity index (χ1n) is 7.17. The normalized spacial score (nSPS) is 12.3. The summed E-state index contributed by atoms with van der Waals surface area (Å²) in [4.78, 5) is 12.0. The number of amides is 2. The predicted octanol–water partition coefficient (Wildman–Crippen LogP) is 3.98. The number of hydrogen-bond donors (Lipinski definition) is 2. The molecule has 3 heteroatoms. The number of nitrogens with one attached hydrogen (secondary N) is 2. The predicted molar refractivity (Wildman–Crippen MR) is 81.7 cm³/mol. The first kappa shape index (κ1) is 15.5. The molecular weight excluding hydrogens is 236 g/mol. The molecule has 1 aromatic rings. The summed E-state index contributed by atoms with van der Waals surface area (Å²) in [7, 11) is 0. The van der Waals surface area contributed by atoms with Crippen molar-refractivity contribution in [1.29, 1.82) is 0 Å². The summed E-state index contributed by atoms with van der Waals surface area (Å²) in [6.07, 6.45) is 1.84. The highest BCUT2D eigenvalue weighted by molar-refractivity contribution is 5.91. The fraction of sp³-hybridized carbons (Fsp3) is 0.562. The van der Waals surface area contributed by atoms with Crippen LogP contribution in [0.15, 0.2) is 18.2 Å². The second-order valence-corrected chi connectivity index (χ2v) is 5.29. The van der Waals surface area contributed by atoms with Gasteiger partial charge in [-0.2, -0.15) is 0 Å². The average Bonchev–Trinajstić information content (AvgIpc) is 2.38. The van der Waals surface area contributed by atoms with E-state index in [1.54, 1.807) is 0 Å². The van der Waals surface area contributed by atoms with E-state index in [4.69, 9.17) is 0 Å². The van der Waals surface area contributed by atoms with Gasteiger partial charge in [0.15, 0.2) is 0 Å². The van der Waals surface area contributed by atoms with E-state index < -0.39 is 0 Å². The number of urea groups is 1. The Morgan fingerprint density at radius 1 is 1.11 bits per heavy atom. The van der Waals surface area contributed by atoms with Gasteiger partial charge in [-0.25, -0.2) is 4.79 Å². The molecule has 0 bridgehead atoms. The lowest BCUT2D eigenvalue weighted by Gasteiger charge is -2.20.